The van der Waals surface area contributed by atoms with Gasteiger partial charge in [-0.05, 0) is 24.6 Å². The second kappa shape index (κ2) is 6.44. The van der Waals surface area contributed by atoms with Crippen LogP contribution in [0.1, 0.15) is 21.6 Å². The SMILES string of the molecule is Cc1ccc(C(=O)NCc2cn3c(n2)SCC3)cc1N1CCNC1=O. The molecule has 0 saturated carbocycles. The van der Waals surface area contributed by atoms with E-state index >= 15 is 0 Å². The molecule has 2 N–H and O–H groups in total. The highest BCUT2D eigenvalue weighted by atomic mass is 32.2. The summed E-state index contributed by atoms with van der Waals surface area (Å²) in [5, 5.41) is 6.71. The molecular weight excluding hydrogens is 338 g/mol. The third-order valence-electron chi connectivity index (χ3n) is 4.40. The van der Waals surface area contributed by atoms with Gasteiger partial charge in [0, 0.05) is 42.8 Å². The third kappa shape index (κ3) is 3.09. The monoisotopic (exact) mass is 357 g/mol. The minimum atomic E-state index is -0.165. The van der Waals surface area contributed by atoms with Gasteiger partial charge >= 0.3 is 6.03 Å². The largest absolute Gasteiger partial charge is 0.346 e. The first-order chi connectivity index (χ1) is 12.1. The number of thioether (sulfide) groups is 1. The van der Waals surface area contributed by atoms with Crippen LogP contribution in [0, 0.1) is 6.92 Å². The summed E-state index contributed by atoms with van der Waals surface area (Å²) in [6, 6.07) is 5.31. The highest BCUT2D eigenvalue weighted by Crippen LogP contribution is 2.25. The number of imidazole rings is 1. The van der Waals surface area contributed by atoms with Crippen molar-refractivity contribution < 1.29 is 9.59 Å². The summed E-state index contributed by atoms with van der Waals surface area (Å²) in [5.41, 5.74) is 3.15. The van der Waals surface area contributed by atoms with E-state index in [1.54, 1.807) is 28.8 Å². The van der Waals surface area contributed by atoms with Crippen molar-refractivity contribution in [3.05, 3.63) is 41.2 Å². The predicted octanol–water partition coefficient (Wildman–Crippen LogP) is 1.76. The van der Waals surface area contributed by atoms with Crippen molar-refractivity contribution in [2.75, 3.05) is 23.7 Å². The molecule has 130 valence electrons. The number of anilines is 1. The zero-order chi connectivity index (χ0) is 17.4. The molecule has 3 amide bonds. The maximum absolute atomic E-state index is 12.5. The standard InChI is InChI=1S/C17H19N5O2S/c1-11-2-3-12(8-14(11)22-5-4-18-16(22)24)15(23)19-9-13-10-21-6-7-25-17(21)20-13/h2-3,8,10H,4-7,9H2,1H3,(H,18,24)(H,19,23). The van der Waals surface area contributed by atoms with E-state index in [2.05, 4.69) is 20.2 Å². The van der Waals surface area contributed by atoms with Gasteiger partial charge in [-0.3, -0.25) is 9.69 Å². The minimum absolute atomic E-state index is 0.120. The maximum Gasteiger partial charge on any atom is 0.322 e. The number of urea groups is 1. The van der Waals surface area contributed by atoms with Crippen LogP contribution in [0.15, 0.2) is 29.6 Å². The minimum Gasteiger partial charge on any atom is -0.346 e. The number of benzene rings is 1. The summed E-state index contributed by atoms with van der Waals surface area (Å²) in [5.74, 6) is 0.896. The second-order valence-electron chi connectivity index (χ2n) is 6.12. The molecule has 2 aliphatic heterocycles. The van der Waals surface area contributed by atoms with E-state index in [9.17, 15) is 9.59 Å². The lowest BCUT2D eigenvalue weighted by atomic mass is 10.1. The van der Waals surface area contributed by atoms with Crippen LogP contribution >= 0.6 is 11.8 Å². The fourth-order valence-electron chi connectivity index (χ4n) is 3.06. The van der Waals surface area contributed by atoms with Crippen LogP contribution in [0.25, 0.3) is 0 Å². The van der Waals surface area contributed by atoms with Gasteiger partial charge in [0.15, 0.2) is 5.16 Å². The Balaban J connectivity index is 1.47. The zero-order valence-electron chi connectivity index (χ0n) is 13.9. The summed E-state index contributed by atoms with van der Waals surface area (Å²) in [7, 11) is 0. The quantitative estimate of drug-likeness (QED) is 0.874. The van der Waals surface area contributed by atoms with Crippen molar-refractivity contribution in [1.82, 2.24) is 20.2 Å². The van der Waals surface area contributed by atoms with Crippen LogP contribution in [0.2, 0.25) is 0 Å². The number of carbonyl (C=O) groups excluding carboxylic acids is 2. The number of aryl methyl sites for hydroxylation is 2. The fraction of sp³-hybridized carbons (Fsp3) is 0.353. The van der Waals surface area contributed by atoms with E-state index in [4.69, 9.17) is 0 Å². The first-order valence-corrected chi connectivity index (χ1v) is 9.23. The van der Waals surface area contributed by atoms with E-state index in [1.807, 2.05) is 19.2 Å². The molecule has 3 heterocycles. The van der Waals surface area contributed by atoms with E-state index in [0.717, 1.165) is 34.4 Å². The van der Waals surface area contributed by atoms with Crippen LogP contribution in [0.5, 0.6) is 0 Å². The molecule has 7 nitrogen and oxygen atoms in total. The summed E-state index contributed by atoms with van der Waals surface area (Å²) in [6.07, 6.45) is 1.99. The summed E-state index contributed by atoms with van der Waals surface area (Å²) < 4.78 is 2.11. The Labute approximate surface area is 149 Å². The number of nitrogens with one attached hydrogen (secondary N) is 2. The summed E-state index contributed by atoms with van der Waals surface area (Å²) >= 11 is 1.73. The molecule has 2 aliphatic rings. The molecule has 0 bridgehead atoms. The molecule has 2 aromatic rings. The van der Waals surface area contributed by atoms with Crippen molar-refractivity contribution in [2.24, 2.45) is 0 Å². The zero-order valence-corrected chi connectivity index (χ0v) is 14.7. The van der Waals surface area contributed by atoms with E-state index < -0.39 is 0 Å². The highest BCUT2D eigenvalue weighted by molar-refractivity contribution is 7.99. The number of fused-ring (bicyclic) bond motifs is 1. The van der Waals surface area contributed by atoms with Gasteiger partial charge in [-0.25, -0.2) is 9.78 Å². The number of hydrogen-bond acceptors (Lipinski definition) is 4. The topological polar surface area (TPSA) is 79.3 Å². The van der Waals surface area contributed by atoms with Crippen molar-refractivity contribution in [1.29, 1.82) is 0 Å². The molecule has 0 unspecified atom stereocenters. The lowest BCUT2D eigenvalue weighted by Gasteiger charge is -2.18. The lowest BCUT2D eigenvalue weighted by molar-refractivity contribution is 0.0950. The van der Waals surface area contributed by atoms with Crippen LogP contribution in [0.4, 0.5) is 10.5 Å². The van der Waals surface area contributed by atoms with Crippen LogP contribution in [-0.4, -0.2) is 40.3 Å². The number of aromatic nitrogens is 2. The van der Waals surface area contributed by atoms with Crippen molar-refractivity contribution in [2.45, 2.75) is 25.2 Å². The van der Waals surface area contributed by atoms with E-state index in [1.165, 1.54) is 0 Å². The average Bonchev–Trinajstić information content (AvgIpc) is 3.29. The third-order valence-corrected chi connectivity index (χ3v) is 5.37. The van der Waals surface area contributed by atoms with Crippen molar-refractivity contribution in [3.8, 4) is 0 Å². The van der Waals surface area contributed by atoms with Gasteiger partial charge in [0.25, 0.3) is 5.91 Å². The van der Waals surface area contributed by atoms with Crippen LogP contribution < -0.4 is 15.5 Å². The Bertz CT molecular complexity index is 826. The van der Waals surface area contributed by atoms with Gasteiger partial charge in [-0.15, -0.1) is 0 Å². The number of rotatable bonds is 4. The molecule has 8 heteroatoms. The molecule has 1 aromatic heterocycles. The van der Waals surface area contributed by atoms with Gasteiger partial charge < -0.3 is 15.2 Å². The smallest absolute Gasteiger partial charge is 0.322 e. The van der Waals surface area contributed by atoms with Crippen LogP contribution in [0.3, 0.4) is 0 Å². The Morgan fingerprint density at radius 1 is 1.40 bits per heavy atom. The van der Waals surface area contributed by atoms with E-state index in [-0.39, 0.29) is 11.9 Å². The Hall–Kier alpha value is -2.48. The van der Waals surface area contributed by atoms with Crippen molar-refractivity contribution in [3.63, 3.8) is 0 Å². The number of carbonyl (C=O) groups is 2. The normalized spacial score (nSPS) is 16.0. The molecule has 0 atom stereocenters. The number of hydrogen-bond donors (Lipinski definition) is 2. The first kappa shape index (κ1) is 16.0. The molecule has 4 rings (SSSR count). The maximum atomic E-state index is 12.5. The molecule has 1 aromatic carbocycles. The predicted molar refractivity (Wildman–Crippen MR) is 96.0 cm³/mol. The fourth-order valence-corrected chi connectivity index (χ4v) is 4.02. The first-order valence-electron chi connectivity index (χ1n) is 8.25. The van der Waals surface area contributed by atoms with Gasteiger partial charge in [0.2, 0.25) is 0 Å². The summed E-state index contributed by atoms with van der Waals surface area (Å²) in [6.45, 7) is 4.54. The lowest BCUT2D eigenvalue weighted by Crippen LogP contribution is -2.29. The highest BCUT2D eigenvalue weighted by Gasteiger charge is 2.23. The molecule has 1 fully saturated rings. The molecule has 1 saturated heterocycles. The van der Waals surface area contributed by atoms with Gasteiger partial charge in [-0.1, -0.05) is 17.8 Å². The summed E-state index contributed by atoms with van der Waals surface area (Å²) in [4.78, 5) is 30.6. The second-order valence-corrected chi connectivity index (χ2v) is 7.19. The number of nitrogens with zero attached hydrogens (tertiary/aromatic N) is 3. The number of amides is 3. The van der Waals surface area contributed by atoms with Gasteiger partial charge in [-0.2, -0.15) is 0 Å². The van der Waals surface area contributed by atoms with Crippen molar-refractivity contribution >= 4 is 29.4 Å². The Morgan fingerprint density at radius 3 is 3.04 bits per heavy atom. The Morgan fingerprint density at radius 2 is 2.28 bits per heavy atom. The molecule has 0 aliphatic carbocycles. The molecule has 0 spiro atoms. The molecule has 25 heavy (non-hydrogen) atoms. The molecular formula is C17H19N5O2S. The molecule has 0 radical (unpaired) electrons. The Kier molecular flexibility index (Phi) is 4.12. The van der Waals surface area contributed by atoms with E-state index in [0.29, 0.717) is 25.2 Å². The average molecular weight is 357 g/mol. The van der Waals surface area contributed by atoms with Gasteiger partial charge in [0.05, 0.1) is 12.2 Å². The van der Waals surface area contributed by atoms with Crippen LogP contribution in [-0.2, 0) is 13.1 Å². The van der Waals surface area contributed by atoms with Gasteiger partial charge in [0.1, 0.15) is 0 Å².